The zero-order valence-corrected chi connectivity index (χ0v) is 28.8. The smallest absolute Gasteiger partial charge is 0.0276 e. The summed E-state index contributed by atoms with van der Waals surface area (Å²) in [7, 11) is 2.58. The van der Waals surface area contributed by atoms with Crippen molar-refractivity contribution in [1.29, 1.82) is 0 Å². The van der Waals surface area contributed by atoms with Crippen LogP contribution in [0.25, 0.3) is 0 Å². The van der Waals surface area contributed by atoms with Gasteiger partial charge in [0.1, 0.15) is 0 Å². The van der Waals surface area contributed by atoms with Crippen molar-refractivity contribution >= 4 is 77.2 Å². The third-order valence-electron chi connectivity index (χ3n) is 5.19. The molecule has 1 aromatic carbocycles. The van der Waals surface area contributed by atoms with E-state index in [0.717, 1.165) is 6.42 Å². The first-order valence-electron chi connectivity index (χ1n) is 10.9. The third kappa shape index (κ3) is 25.9. The molecule has 0 radical (unpaired) electrons. The molecule has 0 saturated carbocycles. The van der Waals surface area contributed by atoms with Gasteiger partial charge in [0.15, 0.2) is 0 Å². The Morgan fingerprint density at radius 1 is 0.613 bits per heavy atom. The molecule has 0 aliphatic carbocycles. The Balaban J connectivity index is -0.000000121. The first kappa shape index (κ1) is 49.6. The molecule has 1 aromatic rings. The van der Waals surface area contributed by atoms with Crippen molar-refractivity contribution in [2.24, 2.45) is 0 Å². The standard InChI is InChI=1S/C22H38.C2H7P.4BrH.H3N.H2O/c1-5-7-8-9-10-11-12-13-14-15-16-22-18-17-21(6-2)19(3)20(22)4;1-2-3;;;;;;/h17-18H,5-16H2,1-4H3;2-3H2,1H3;4*1H;1H3;1H2. The summed E-state index contributed by atoms with van der Waals surface area (Å²) in [5.74, 6) is 0. The predicted octanol–water partition coefficient (Wildman–Crippen LogP) is 9.86. The number of rotatable bonds is 12. The van der Waals surface area contributed by atoms with Crippen LogP contribution in [0.2, 0.25) is 0 Å². The van der Waals surface area contributed by atoms with Gasteiger partial charge >= 0.3 is 0 Å². The lowest BCUT2D eigenvalue weighted by Gasteiger charge is -2.12. The molecule has 0 heterocycles. The highest BCUT2D eigenvalue weighted by molar-refractivity contribution is 8.93. The van der Waals surface area contributed by atoms with Gasteiger partial charge in [-0.2, -0.15) is 0 Å². The summed E-state index contributed by atoms with van der Waals surface area (Å²) < 4.78 is 0. The normalized spacial score (nSPS) is 8.45. The molecule has 7 heteroatoms. The lowest BCUT2D eigenvalue weighted by Crippen LogP contribution is -1.97. The summed E-state index contributed by atoms with van der Waals surface area (Å²) in [6, 6.07) is 4.71. The molecule has 0 aliphatic heterocycles. The van der Waals surface area contributed by atoms with Gasteiger partial charge in [-0.15, -0.1) is 77.2 Å². The van der Waals surface area contributed by atoms with E-state index in [1.807, 2.05) is 0 Å². The van der Waals surface area contributed by atoms with Gasteiger partial charge in [0.05, 0.1) is 0 Å². The fraction of sp³-hybridized carbons (Fsp3) is 0.750. The van der Waals surface area contributed by atoms with Crippen LogP contribution in [0.15, 0.2) is 12.1 Å². The van der Waals surface area contributed by atoms with Crippen molar-refractivity contribution in [3.8, 4) is 0 Å². The lowest BCUT2D eigenvalue weighted by molar-refractivity contribution is 0.556. The van der Waals surface area contributed by atoms with E-state index in [4.69, 9.17) is 0 Å². The number of hydrogen-bond donors (Lipinski definition) is 1. The maximum Gasteiger partial charge on any atom is -0.0276 e. The molecule has 0 spiro atoms. The van der Waals surface area contributed by atoms with Crippen LogP contribution >= 0.6 is 77.2 Å². The fourth-order valence-electron chi connectivity index (χ4n) is 3.39. The second-order valence-corrected chi connectivity index (χ2v) is 8.14. The molecule has 2 nitrogen and oxygen atoms in total. The Kier molecular flexibility index (Phi) is 57.7. The Morgan fingerprint density at radius 3 is 1.32 bits per heavy atom. The summed E-state index contributed by atoms with van der Waals surface area (Å²) in [5, 5.41) is 0. The number of aryl methyl sites for hydroxylation is 2. The van der Waals surface area contributed by atoms with Crippen molar-refractivity contribution in [1.82, 2.24) is 6.15 Å². The number of hydrogen-bond acceptors (Lipinski definition) is 1. The summed E-state index contributed by atoms with van der Waals surface area (Å²) in [4.78, 5) is 0. The van der Waals surface area contributed by atoms with Gasteiger partial charge < -0.3 is 11.6 Å². The third-order valence-corrected chi connectivity index (χ3v) is 5.19. The molecule has 0 aliphatic rings. The minimum atomic E-state index is 0. The van der Waals surface area contributed by atoms with Gasteiger partial charge in [-0.3, -0.25) is 0 Å². The average molecular weight is 723 g/mol. The first-order valence-corrected chi connectivity index (χ1v) is 11.7. The molecule has 0 amide bonds. The van der Waals surface area contributed by atoms with Crippen molar-refractivity contribution < 1.29 is 5.48 Å². The van der Waals surface area contributed by atoms with Gasteiger partial charge in [0, 0.05) is 0 Å². The van der Waals surface area contributed by atoms with Crippen LogP contribution in [0.5, 0.6) is 0 Å². The van der Waals surface area contributed by atoms with E-state index in [9.17, 15) is 0 Å². The first-order chi connectivity index (χ1) is 12.1. The minimum Gasteiger partial charge on any atom is -0.412 e. The highest BCUT2D eigenvalue weighted by atomic mass is 79.9. The van der Waals surface area contributed by atoms with Crippen LogP contribution in [0, 0.1) is 13.8 Å². The van der Waals surface area contributed by atoms with Crippen LogP contribution in [-0.2, 0) is 12.8 Å². The van der Waals surface area contributed by atoms with Crippen LogP contribution in [-0.4, -0.2) is 11.6 Å². The number of halogens is 4. The molecule has 0 fully saturated rings. The van der Waals surface area contributed by atoms with Crippen LogP contribution in [0.3, 0.4) is 0 Å². The highest BCUT2D eigenvalue weighted by Crippen LogP contribution is 2.20. The van der Waals surface area contributed by atoms with Gasteiger partial charge in [0.2, 0.25) is 0 Å². The van der Waals surface area contributed by atoms with Crippen molar-refractivity contribution in [2.45, 2.75) is 112 Å². The van der Waals surface area contributed by atoms with E-state index in [1.165, 1.54) is 93.5 Å². The SMILES string of the molecule is Br.Br.Br.Br.CCCCCCCCCCCCc1ccc(CC)c(C)c1C.CCP.N.O. The van der Waals surface area contributed by atoms with Gasteiger partial charge in [-0.1, -0.05) is 90.7 Å². The maximum atomic E-state index is 2.58. The van der Waals surface area contributed by atoms with Gasteiger partial charge in [-0.05, 0) is 61.5 Å². The Hall–Kier alpha value is 1.49. The van der Waals surface area contributed by atoms with E-state index in [-0.39, 0.29) is 79.6 Å². The Bertz CT molecular complexity index is 452. The van der Waals surface area contributed by atoms with Crippen molar-refractivity contribution in [3.05, 3.63) is 34.4 Å². The highest BCUT2D eigenvalue weighted by Gasteiger charge is 2.05. The number of benzene rings is 1. The summed E-state index contributed by atoms with van der Waals surface area (Å²) >= 11 is 0. The molecular formula is C24H54Br4NOP. The summed E-state index contributed by atoms with van der Waals surface area (Å²) in [5.41, 5.74) is 6.15. The second-order valence-electron chi connectivity index (χ2n) is 7.33. The average Bonchev–Trinajstić information content (AvgIpc) is 2.61. The van der Waals surface area contributed by atoms with E-state index in [0.29, 0.717) is 0 Å². The molecule has 1 atom stereocenters. The largest absolute Gasteiger partial charge is 0.412 e. The second kappa shape index (κ2) is 36.1. The van der Waals surface area contributed by atoms with Crippen LogP contribution in [0.1, 0.15) is 107 Å². The zero-order valence-electron chi connectivity index (χ0n) is 20.8. The van der Waals surface area contributed by atoms with Crippen molar-refractivity contribution in [3.63, 3.8) is 0 Å². The molecule has 194 valence electrons. The van der Waals surface area contributed by atoms with Crippen molar-refractivity contribution in [2.75, 3.05) is 6.16 Å². The molecule has 5 N–H and O–H groups in total. The van der Waals surface area contributed by atoms with E-state index < -0.39 is 0 Å². The van der Waals surface area contributed by atoms with E-state index in [1.54, 1.807) is 5.56 Å². The molecule has 1 unspecified atom stereocenters. The van der Waals surface area contributed by atoms with E-state index in [2.05, 4.69) is 56.0 Å². The molecule has 0 aromatic heterocycles. The molecular weight excluding hydrogens is 669 g/mol. The molecule has 0 saturated heterocycles. The Labute approximate surface area is 239 Å². The number of unbranched alkanes of at least 4 members (excludes halogenated alkanes) is 9. The fourth-order valence-corrected chi connectivity index (χ4v) is 3.39. The zero-order chi connectivity index (χ0) is 18.9. The molecule has 0 bridgehead atoms. The van der Waals surface area contributed by atoms with Gasteiger partial charge in [0.25, 0.3) is 0 Å². The lowest BCUT2D eigenvalue weighted by atomic mass is 9.93. The monoisotopic (exact) mass is 719 g/mol. The van der Waals surface area contributed by atoms with Gasteiger partial charge in [-0.25, -0.2) is 0 Å². The van der Waals surface area contributed by atoms with Crippen LogP contribution in [0.4, 0.5) is 0 Å². The van der Waals surface area contributed by atoms with Crippen LogP contribution < -0.4 is 6.15 Å². The summed E-state index contributed by atoms with van der Waals surface area (Å²) in [6.07, 6.45) is 17.8. The van der Waals surface area contributed by atoms with E-state index >= 15 is 0 Å². The Morgan fingerprint density at radius 2 is 0.935 bits per heavy atom. The molecule has 31 heavy (non-hydrogen) atoms. The predicted molar refractivity (Wildman–Crippen MR) is 171 cm³/mol. The molecule has 1 rings (SSSR count). The topological polar surface area (TPSA) is 66.5 Å². The minimum absolute atomic E-state index is 0. The maximum absolute atomic E-state index is 2.58. The quantitative estimate of drug-likeness (QED) is 0.169. The summed E-state index contributed by atoms with van der Waals surface area (Å²) in [6.45, 7) is 11.2.